The highest BCUT2D eigenvalue weighted by molar-refractivity contribution is 7.89. The molecular weight excluding hydrogens is 284 g/mol. The Morgan fingerprint density at radius 2 is 2.00 bits per heavy atom. The van der Waals surface area contributed by atoms with Gasteiger partial charge in [-0.15, -0.1) is 0 Å². The number of nitrogen functional groups attached to an aromatic ring is 1. The molecule has 0 radical (unpaired) electrons. The summed E-state index contributed by atoms with van der Waals surface area (Å²) in [7, 11) is -3.51. The minimum Gasteiger partial charge on any atom is -0.397 e. The first-order valence-electron chi connectivity index (χ1n) is 6.29. The molecule has 1 aromatic rings. The minimum absolute atomic E-state index is 0.163. The van der Waals surface area contributed by atoms with Gasteiger partial charge >= 0.3 is 0 Å². The zero-order chi connectivity index (χ0) is 14.6. The summed E-state index contributed by atoms with van der Waals surface area (Å²) in [5, 5.41) is 0.402. The van der Waals surface area contributed by atoms with E-state index in [4.69, 9.17) is 17.3 Å². The summed E-state index contributed by atoms with van der Waals surface area (Å²) in [6.45, 7) is 6.38. The lowest BCUT2D eigenvalue weighted by Crippen LogP contribution is -2.25. The number of hydrogen-bond donors (Lipinski definition) is 2. The quantitative estimate of drug-likeness (QED) is 0.627. The van der Waals surface area contributed by atoms with Gasteiger partial charge in [-0.2, -0.15) is 0 Å². The van der Waals surface area contributed by atoms with Crippen LogP contribution >= 0.6 is 11.6 Å². The van der Waals surface area contributed by atoms with Crippen molar-refractivity contribution in [2.45, 2.75) is 38.5 Å². The molecule has 19 heavy (non-hydrogen) atoms. The molecule has 0 spiro atoms. The fourth-order valence-corrected chi connectivity index (χ4v) is 3.02. The van der Waals surface area contributed by atoms with Crippen molar-refractivity contribution in [3.05, 3.63) is 22.7 Å². The number of benzene rings is 1. The average Bonchev–Trinajstić information content (AvgIpc) is 2.31. The van der Waals surface area contributed by atoms with E-state index in [-0.39, 0.29) is 10.6 Å². The van der Waals surface area contributed by atoms with Gasteiger partial charge in [0.1, 0.15) is 0 Å². The van der Waals surface area contributed by atoms with E-state index in [1.807, 2.05) is 0 Å². The largest absolute Gasteiger partial charge is 0.397 e. The lowest BCUT2D eigenvalue weighted by atomic mass is 10.1. The van der Waals surface area contributed by atoms with Gasteiger partial charge in [0.25, 0.3) is 0 Å². The second-order valence-corrected chi connectivity index (χ2v) is 7.22. The summed E-state index contributed by atoms with van der Waals surface area (Å²) in [6.07, 6.45) is 1.81. The monoisotopic (exact) mass is 304 g/mol. The summed E-state index contributed by atoms with van der Waals surface area (Å²) < 4.78 is 26.7. The van der Waals surface area contributed by atoms with Gasteiger partial charge in [0, 0.05) is 6.54 Å². The second kappa shape index (κ2) is 6.59. The van der Waals surface area contributed by atoms with E-state index in [0.717, 1.165) is 12.8 Å². The fraction of sp³-hybridized carbons (Fsp3) is 0.538. The SMILES string of the molecule is Cc1cc(S(=O)(=O)NCCCC(C)C)cc(N)c1Cl. The van der Waals surface area contributed by atoms with Crippen molar-refractivity contribution in [2.75, 3.05) is 12.3 Å². The Kier molecular flexibility index (Phi) is 5.64. The number of anilines is 1. The first-order chi connectivity index (χ1) is 8.74. The molecule has 3 N–H and O–H groups in total. The van der Waals surface area contributed by atoms with Crippen LogP contribution in [0.2, 0.25) is 5.02 Å². The number of sulfonamides is 1. The highest BCUT2D eigenvalue weighted by Gasteiger charge is 2.16. The topological polar surface area (TPSA) is 72.2 Å². The molecule has 0 heterocycles. The highest BCUT2D eigenvalue weighted by atomic mass is 35.5. The van der Waals surface area contributed by atoms with E-state index in [1.165, 1.54) is 12.1 Å². The number of halogens is 1. The van der Waals surface area contributed by atoms with Gasteiger partial charge in [0.05, 0.1) is 15.6 Å². The Bertz CT molecular complexity index is 519. The molecule has 6 heteroatoms. The van der Waals surface area contributed by atoms with Gasteiger partial charge in [-0.3, -0.25) is 0 Å². The number of nitrogens with two attached hydrogens (primary N) is 1. The Balaban J connectivity index is 2.78. The van der Waals surface area contributed by atoms with Gasteiger partial charge < -0.3 is 5.73 Å². The van der Waals surface area contributed by atoms with Crippen LogP contribution in [-0.4, -0.2) is 15.0 Å². The summed E-state index contributed by atoms with van der Waals surface area (Å²) in [5.74, 6) is 0.568. The van der Waals surface area contributed by atoms with Crippen molar-refractivity contribution >= 4 is 27.3 Å². The third-order valence-electron chi connectivity index (χ3n) is 2.82. The maximum absolute atomic E-state index is 12.1. The normalized spacial score (nSPS) is 12.1. The number of aryl methyl sites for hydroxylation is 1. The molecule has 1 aromatic carbocycles. The third kappa shape index (κ3) is 4.67. The molecule has 0 bridgehead atoms. The predicted octanol–water partition coefficient (Wildman–Crippen LogP) is 2.95. The molecule has 0 atom stereocenters. The van der Waals surface area contributed by atoms with Crippen LogP contribution in [-0.2, 0) is 10.0 Å². The molecule has 0 saturated carbocycles. The van der Waals surface area contributed by atoms with E-state index in [0.29, 0.717) is 23.0 Å². The summed E-state index contributed by atoms with van der Waals surface area (Å²) in [4.78, 5) is 0.163. The molecule has 108 valence electrons. The van der Waals surface area contributed by atoms with Gasteiger partial charge in [0.15, 0.2) is 0 Å². The standard InChI is InChI=1S/C13H21ClN2O2S/c1-9(2)5-4-6-16-19(17,18)11-7-10(3)13(14)12(15)8-11/h7-9,16H,4-6,15H2,1-3H3. The Hall–Kier alpha value is -0.780. The lowest BCUT2D eigenvalue weighted by Gasteiger charge is -2.10. The van der Waals surface area contributed by atoms with Gasteiger partial charge in [-0.05, 0) is 43.4 Å². The molecule has 1 rings (SSSR count). The molecule has 0 aliphatic heterocycles. The summed E-state index contributed by atoms with van der Waals surface area (Å²) in [6, 6.07) is 2.92. The molecule has 0 aliphatic rings. The van der Waals surface area contributed by atoms with E-state index in [9.17, 15) is 8.42 Å². The lowest BCUT2D eigenvalue weighted by molar-refractivity contribution is 0.540. The van der Waals surface area contributed by atoms with Crippen molar-refractivity contribution in [3.63, 3.8) is 0 Å². The molecule has 0 saturated heterocycles. The highest BCUT2D eigenvalue weighted by Crippen LogP contribution is 2.26. The van der Waals surface area contributed by atoms with E-state index in [1.54, 1.807) is 6.92 Å². The van der Waals surface area contributed by atoms with Crippen LogP contribution in [0, 0.1) is 12.8 Å². The Morgan fingerprint density at radius 3 is 2.53 bits per heavy atom. The van der Waals surface area contributed by atoms with E-state index >= 15 is 0 Å². The zero-order valence-corrected chi connectivity index (χ0v) is 13.1. The van der Waals surface area contributed by atoms with Crippen LogP contribution in [0.4, 0.5) is 5.69 Å². The van der Waals surface area contributed by atoms with Crippen LogP contribution < -0.4 is 10.5 Å². The molecule has 0 aliphatic carbocycles. The van der Waals surface area contributed by atoms with Crippen molar-refractivity contribution in [2.24, 2.45) is 5.92 Å². The van der Waals surface area contributed by atoms with Crippen LogP contribution in [0.5, 0.6) is 0 Å². The van der Waals surface area contributed by atoms with Gasteiger partial charge in [-0.1, -0.05) is 25.4 Å². The van der Waals surface area contributed by atoms with Crippen LogP contribution in [0.15, 0.2) is 17.0 Å². The van der Waals surface area contributed by atoms with E-state index in [2.05, 4.69) is 18.6 Å². The molecular formula is C13H21ClN2O2S. The first-order valence-corrected chi connectivity index (χ1v) is 8.15. The van der Waals surface area contributed by atoms with Crippen molar-refractivity contribution < 1.29 is 8.42 Å². The smallest absolute Gasteiger partial charge is 0.240 e. The summed E-state index contributed by atoms with van der Waals surface area (Å²) in [5.41, 5.74) is 6.63. The van der Waals surface area contributed by atoms with Crippen LogP contribution in [0.1, 0.15) is 32.3 Å². The van der Waals surface area contributed by atoms with Crippen LogP contribution in [0.25, 0.3) is 0 Å². The number of hydrogen-bond acceptors (Lipinski definition) is 3. The minimum atomic E-state index is -3.51. The average molecular weight is 305 g/mol. The van der Waals surface area contributed by atoms with Crippen molar-refractivity contribution in [3.8, 4) is 0 Å². The maximum Gasteiger partial charge on any atom is 0.240 e. The zero-order valence-electron chi connectivity index (χ0n) is 11.5. The molecule has 0 unspecified atom stereocenters. The van der Waals surface area contributed by atoms with Crippen LogP contribution in [0.3, 0.4) is 0 Å². The molecule has 0 aromatic heterocycles. The fourth-order valence-electron chi connectivity index (χ4n) is 1.72. The Labute approximate surface area is 120 Å². The Morgan fingerprint density at radius 1 is 1.37 bits per heavy atom. The number of rotatable bonds is 6. The second-order valence-electron chi connectivity index (χ2n) is 5.08. The van der Waals surface area contributed by atoms with Gasteiger partial charge in [-0.25, -0.2) is 13.1 Å². The predicted molar refractivity (Wildman–Crippen MR) is 79.9 cm³/mol. The van der Waals surface area contributed by atoms with Crippen molar-refractivity contribution in [1.82, 2.24) is 4.72 Å². The summed E-state index contributed by atoms with van der Waals surface area (Å²) >= 11 is 5.92. The van der Waals surface area contributed by atoms with Crippen molar-refractivity contribution in [1.29, 1.82) is 0 Å². The van der Waals surface area contributed by atoms with E-state index < -0.39 is 10.0 Å². The third-order valence-corrected chi connectivity index (χ3v) is 4.77. The first kappa shape index (κ1) is 16.3. The molecule has 4 nitrogen and oxygen atoms in total. The maximum atomic E-state index is 12.1. The number of nitrogens with one attached hydrogen (secondary N) is 1. The van der Waals surface area contributed by atoms with Gasteiger partial charge in [0.2, 0.25) is 10.0 Å². The molecule has 0 fully saturated rings. The molecule has 0 amide bonds.